The van der Waals surface area contributed by atoms with Crippen molar-refractivity contribution in [1.29, 1.82) is 0 Å². The highest BCUT2D eigenvalue weighted by molar-refractivity contribution is 5.44. The minimum atomic E-state index is -0.0659. The maximum Gasteiger partial charge on any atom is 0.268 e. The van der Waals surface area contributed by atoms with E-state index in [9.17, 15) is 4.79 Å². The first kappa shape index (κ1) is 11.7. The Hall–Kier alpha value is -1.40. The van der Waals surface area contributed by atoms with Crippen molar-refractivity contribution in [2.45, 2.75) is 25.2 Å². The van der Waals surface area contributed by atoms with E-state index in [1.807, 2.05) is 0 Å². The molecule has 98 valence electrons. The monoisotopic (exact) mass is 251 g/mol. The second-order valence-corrected chi connectivity index (χ2v) is 4.78. The zero-order valence-electron chi connectivity index (χ0n) is 10.4. The number of rotatable bonds is 4. The molecule has 0 spiro atoms. The van der Waals surface area contributed by atoms with Crippen LogP contribution in [0.1, 0.15) is 6.42 Å². The predicted molar refractivity (Wildman–Crippen MR) is 65.9 cm³/mol. The highest BCUT2D eigenvalue weighted by Crippen LogP contribution is 2.19. The molecular weight excluding hydrogens is 234 g/mol. The third-order valence-electron chi connectivity index (χ3n) is 3.48. The molecule has 1 unspecified atom stereocenters. The van der Waals surface area contributed by atoms with Gasteiger partial charge in [0.1, 0.15) is 6.10 Å². The Morgan fingerprint density at radius 2 is 2.44 bits per heavy atom. The van der Waals surface area contributed by atoms with Gasteiger partial charge < -0.3 is 14.4 Å². The van der Waals surface area contributed by atoms with E-state index in [-0.39, 0.29) is 17.8 Å². The molecule has 2 aliphatic rings. The van der Waals surface area contributed by atoms with Crippen LogP contribution in [-0.2, 0) is 16.0 Å². The number of nitrogens with zero attached hydrogens (tertiary/aromatic N) is 3. The molecule has 6 nitrogen and oxygen atoms in total. The van der Waals surface area contributed by atoms with Crippen LogP contribution in [0.25, 0.3) is 0 Å². The lowest BCUT2D eigenvalue weighted by atomic mass is 10.3. The van der Waals surface area contributed by atoms with Crippen molar-refractivity contribution < 1.29 is 9.47 Å². The number of ether oxygens (including phenoxy) is 2. The van der Waals surface area contributed by atoms with Gasteiger partial charge in [0.25, 0.3) is 5.56 Å². The van der Waals surface area contributed by atoms with E-state index in [0.29, 0.717) is 6.54 Å². The third kappa shape index (κ3) is 2.39. The molecule has 0 amide bonds. The molecule has 3 rings (SSSR count). The van der Waals surface area contributed by atoms with Crippen molar-refractivity contribution in [3.63, 3.8) is 0 Å². The van der Waals surface area contributed by atoms with E-state index in [0.717, 1.165) is 31.8 Å². The first-order valence-corrected chi connectivity index (χ1v) is 6.23. The highest BCUT2D eigenvalue weighted by Gasteiger charge is 2.25. The first-order valence-electron chi connectivity index (χ1n) is 6.23. The Bertz CT molecular complexity index is 484. The van der Waals surface area contributed by atoms with E-state index in [1.165, 1.54) is 4.68 Å². The van der Waals surface area contributed by atoms with Gasteiger partial charge in [0.2, 0.25) is 0 Å². The van der Waals surface area contributed by atoms with E-state index in [1.54, 1.807) is 19.4 Å². The van der Waals surface area contributed by atoms with Crippen LogP contribution in [0.15, 0.2) is 17.1 Å². The van der Waals surface area contributed by atoms with Crippen molar-refractivity contribution in [2.24, 2.45) is 0 Å². The molecule has 2 fully saturated rings. The molecule has 2 saturated heterocycles. The average Bonchev–Trinajstić information content (AvgIpc) is 3.06. The molecule has 6 heteroatoms. The van der Waals surface area contributed by atoms with E-state index >= 15 is 0 Å². The zero-order chi connectivity index (χ0) is 12.5. The summed E-state index contributed by atoms with van der Waals surface area (Å²) in [4.78, 5) is 14.0. The molecule has 0 bridgehead atoms. The fourth-order valence-corrected chi connectivity index (χ4v) is 2.26. The van der Waals surface area contributed by atoms with Gasteiger partial charge in [-0.25, -0.2) is 4.68 Å². The van der Waals surface area contributed by atoms with Gasteiger partial charge >= 0.3 is 0 Å². The van der Waals surface area contributed by atoms with Crippen LogP contribution in [0.3, 0.4) is 0 Å². The van der Waals surface area contributed by atoms with Crippen LogP contribution in [0.4, 0.5) is 5.69 Å². The normalized spacial score (nSPS) is 26.6. The highest BCUT2D eigenvalue weighted by atomic mass is 16.6. The number of hydrogen-bond donors (Lipinski definition) is 0. The summed E-state index contributed by atoms with van der Waals surface area (Å²) in [6.07, 6.45) is 3.18. The molecule has 1 aromatic heterocycles. The minimum Gasteiger partial charge on any atom is -0.380 e. The smallest absolute Gasteiger partial charge is 0.268 e. The van der Waals surface area contributed by atoms with Gasteiger partial charge in [0.05, 0.1) is 31.1 Å². The minimum absolute atomic E-state index is 0.0659. The summed E-state index contributed by atoms with van der Waals surface area (Å²) in [6, 6.07) is 1.65. The molecule has 2 aliphatic heterocycles. The summed E-state index contributed by atoms with van der Waals surface area (Å²) in [5.74, 6) is 0. The van der Waals surface area contributed by atoms with Gasteiger partial charge in [0, 0.05) is 26.3 Å². The Morgan fingerprint density at radius 1 is 1.61 bits per heavy atom. The number of epoxide rings is 1. The SMILES string of the molecule is COC1CCN(c2cnn(C[C@H]3CO3)c(=O)c2)C1. The van der Waals surface area contributed by atoms with Gasteiger partial charge in [-0.05, 0) is 6.42 Å². The van der Waals surface area contributed by atoms with Crippen molar-refractivity contribution in [2.75, 3.05) is 31.7 Å². The standard InChI is InChI=1S/C12H17N3O3/c1-17-10-2-3-14(6-10)9-4-12(16)15(13-5-9)7-11-8-18-11/h4-5,10-11H,2-3,6-8H2,1H3/t10?,11-/m0/s1. The summed E-state index contributed by atoms with van der Waals surface area (Å²) in [5.41, 5.74) is 0.816. The lowest BCUT2D eigenvalue weighted by molar-refractivity contribution is 0.121. The van der Waals surface area contributed by atoms with E-state index in [4.69, 9.17) is 9.47 Å². The maximum absolute atomic E-state index is 11.9. The second kappa shape index (κ2) is 4.70. The lowest BCUT2D eigenvalue weighted by Gasteiger charge is -2.17. The third-order valence-corrected chi connectivity index (χ3v) is 3.48. The zero-order valence-corrected chi connectivity index (χ0v) is 10.4. The van der Waals surface area contributed by atoms with Crippen LogP contribution in [0, 0.1) is 0 Å². The second-order valence-electron chi connectivity index (χ2n) is 4.78. The molecule has 0 aliphatic carbocycles. The number of hydrogen-bond acceptors (Lipinski definition) is 5. The molecule has 0 radical (unpaired) electrons. The van der Waals surface area contributed by atoms with Gasteiger partial charge in [0.15, 0.2) is 0 Å². The Kier molecular flexibility index (Phi) is 3.05. The quantitative estimate of drug-likeness (QED) is 0.697. The Morgan fingerprint density at radius 3 is 3.06 bits per heavy atom. The molecule has 18 heavy (non-hydrogen) atoms. The number of aromatic nitrogens is 2. The van der Waals surface area contributed by atoms with Crippen molar-refractivity contribution in [3.8, 4) is 0 Å². The van der Waals surface area contributed by atoms with Gasteiger partial charge in [-0.15, -0.1) is 0 Å². The molecule has 0 saturated carbocycles. The fraction of sp³-hybridized carbons (Fsp3) is 0.667. The predicted octanol–water partition coefficient (Wildman–Crippen LogP) is -0.133. The van der Waals surface area contributed by atoms with Crippen molar-refractivity contribution >= 4 is 5.69 Å². The van der Waals surface area contributed by atoms with E-state index < -0.39 is 0 Å². The largest absolute Gasteiger partial charge is 0.380 e. The fourth-order valence-electron chi connectivity index (χ4n) is 2.26. The van der Waals surface area contributed by atoms with E-state index in [2.05, 4.69) is 10.00 Å². The number of anilines is 1. The van der Waals surface area contributed by atoms with Crippen molar-refractivity contribution in [1.82, 2.24) is 9.78 Å². The molecule has 3 heterocycles. The van der Waals surface area contributed by atoms with Crippen LogP contribution < -0.4 is 10.5 Å². The average molecular weight is 251 g/mol. The van der Waals surface area contributed by atoms with Gasteiger partial charge in [-0.3, -0.25) is 4.79 Å². The summed E-state index contributed by atoms with van der Waals surface area (Å²) in [7, 11) is 1.72. The molecule has 0 aromatic carbocycles. The van der Waals surface area contributed by atoms with Crippen LogP contribution in [0.2, 0.25) is 0 Å². The van der Waals surface area contributed by atoms with Gasteiger partial charge in [-0.2, -0.15) is 5.10 Å². The van der Waals surface area contributed by atoms with Crippen molar-refractivity contribution in [3.05, 3.63) is 22.6 Å². The summed E-state index contributed by atoms with van der Waals surface area (Å²) in [5, 5.41) is 4.20. The topological polar surface area (TPSA) is 59.9 Å². The van der Waals surface area contributed by atoms with Crippen LogP contribution >= 0.6 is 0 Å². The molecule has 2 atom stereocenters. The summed E-state index contributed by atoms with van der Waals surface area (Å²) < 4.78 is 11.9. The molecular formula is C12H17N3O3. The van der Waals surface area contributed by atoms with Gasteiger partial charge in [-0.1, -0.05) is 0 Å². The first-order chi connectivity index (χ1) is 8.76. The Balaban J connectivity index is 1.73. The van der Waals surface area contributed by atoms with Crippen LogP contribution in [0.5, 0.6) is 0 Å². The lowest BCUT2D eigenvalue weighted by Crippen LogP contribution is -2.28. The van der Waals surface area contributed by atoms with Crippen LogP contribution in [-0.4, -0.2) is 48.8 Å². The molecule has 0 N–H and O–H groups in total. The molecule has 1 aromatic rings. The summed E-state index contributed by atoms with van der Waals surface area (Å²) in [6.45, 7) is 3.03. The number of methoxy groups -OCH3 is 1. The summed E-state index contributed by atoms with van der Waals surface area (Å²) >= 11 is 0. The maximum atomic E-state index is 11.9. The Labute approximate surface area is 105 Å².